The first kappa shape index (κ1) is 19.4. The van der Waals surface area contributed by atoms with E-state index in [0.717, 1.165) is 29.9 Å². The molecule has 2 N–H and O–H groups in total. The molecule has 0 aliphatic carbocycles. The Morgan fingerprint density at radius 3 is 2.55 bits per heavy atom. The number of hydrogen-bond donors (Lipinski definition) is 1. The predicted octanol–water partition coefficient (Wildman–Crippen LogP) is 3.97. The van der Waals surface area contributed by atoms with Gasteiger partial charge in [0.2, 0.25) is 0 Å². The highest BCUT2D eigenvalue weighted by Gasteiger charge is 2.36. The van der Waals surface area contributed by atoms with Crippen molar-refractivity contribution in [2.75, 3.05) is 19.6 Å². The van der Waals surface area contributed by atoms with E-state index in [1.165, 1.54) is 11.1 Å². The maximum atomic E-state index is 13.5. The minimum atomic E-state index is -0.00824. The fourth-order valence-electron chi connectivity index (χ4n) is 3.88. The number of para-hydroxylation sites is 1. The maximum absolute atomic E-state index is 13.5. The van der Waals surface area contributed by atoms with E-state index in [1.54, 1.807) is 4.68 Å². The Kier molecular flexibility index (Phi) is 5.01. The number of rotatable bonds is 4. The molecular weight excluding hydrogens is 360 g/mol. The molecule has 4 rings (SSSR count). The molecular formula is C24H28N4O. The molecule has 0 spiro atoms. The van der Waals surface area contributed by atoms with Crippen molar-refractivity contribution in [2.24, 2.45) is 11.1 Å². The highest BCUT2D eigenvalue weighted by Crippen LogP contribution is 2.32. The molecule has 1 aliphatic rings. The Labute approximate surface area is 172 Å². The number of nitrogens with two attached hydrogens (primary N) is 1. The Bertz CT molecular complexity index is 1040. The van der Waals surface area contributed by atoms with Crippen LogP contribution in [0.1, 0.15) is 34.8 Å². The number of hydrogen-bond acceptors (Lipinski definition) is 3. The predicted molar refractivity (Wildman–Crippen MR) is 116 cm³/mol. The van der Waals surface area contributed by atoms with Crippen molar-refractivity contribution in [1.82, 2.24) is 14.7 Å². The molecule has 0 radical (unpaired) electrons. The van der Waals surface area contributed by atoms with Crippen LogP contribution in [0, 0.1) is 19.3 Å². The van der Waals surface area contributed by atoms with E-state index in [9.17, 15) is 4.79 Å². The van der Waals surface area contributed by atoms with Gasteiger partial charge >= 0.3 is 0 Å². The van der Waals surface area contributed by atoms with Gasteiger partial charge in [0.25, 0.3) is 5.91 Å². The Morgan fingerprint density at radius 1 is 1.14 bits per heavy atom. The van der Waals surface area contributed by atoms with Gasteiger partial charge in [-0.1, -0.05) is 37.3 Å². The van der Waals surface area contributed by atoms with Crippen LogP contribution >= 0.6 is 0 Å². The summed E-state index contributed by atoms with van der Waals surface area (Å²) in [5.74, 6) is 0.0255. The maximum Gasteiger partial charge on any atom is 0.257 e. The van der Waals surface area contributed by atoms with Crippen molar-refractivity contribution < 1.29 is 4.79 Å². The van der Waals surface area contributed by atoms with Crippen molar-refractivity contribution in [3.05, 3.63) is 71.4 Å². The summed E-state index contributed by atoms with van der Waals surface area (Å²) >= 11 is 0. The Hall–Kier alpha value is -2.92. The Balaban J connectivity index is 1.78. The average molecular weight is 389 g/mol. The first-order chi connectivity index (χ1) is 13.9. The van der Waals surface area contributed by atoms with Crippen LogP contribution in [0.4, 0.5) is 0 Å². The van der Waals surface area contributed by atoms with Crippen LogP contribution in [0.15, 0.2) is 54.7 Å². The first-order valence-corrected chi connectivity index (χ1v) is 10.1. The lowest BCUT2D eigenvalue weighted by molar-refractivity contribution is 0.0777. The largest absolute Gasteiger partial charge is 0.338 e. The number of carbonyl (C=O) groups excluding carboxylic acids is 1. The molecule has 2 heterocycles. The van der Waals surface area contributed by atoms with Crippen LogP contribution in [0.25, 0.3) is 16.9 Å². The van der Waals surface area contributed by atoms with Crippen molar-refractivity contribution >= 4 is 5.91 Å². The summed E-state index contributed by atoms with van der Waals surface area (Å²) in [5.41, 5.74) is 11.6. The fourth-order valence-corrected chi connectivity index (χ4v) is 3.88. The number of carbonyl (C=O) groups is 1. The molecule has 1 saturated heterocycles. The summed E-state index contributed by atoms with van der Waals surface area (Å²) in [4.78, 5) is 15.4. The lowest BCUT2D eigenvalue weighted by Gasteiger charge is -2.22. The van der Waals surface area contributed by atoms with Gasteiger partial charge in [-0.25, -0.2) is 4.68 Å². The quantitative estimate of drug-likeness (QED) is 0.736. The summed E-state index contributed by atoms with van der Waals surface area (Å²) in [5, 5.41) is 4.81. The van der Waals surface area contributed by atoms with Crippen LogP contribution in [-0.4, -0.2) is 40.2 Å². The first-order valence-electron chi connectivity index (χ1n) is 10.1. The van der Waals surface area contributed by atoms with Crippen molar-refractivity contribution in [3.8, 4) is 16.9 Å². The van der Waals surface area contributed by atoms with Crippen LogP contribution in [0.2, 0.25) is 0 Å². The van der Waals surface area contributed by atoms with Crippen molar-refractivity contribution in [2.45, 2.75) is 27.2 Å². The zero-order valence-corrected chi connectivity index (χ0v) is 17.4. The van der Waals surface area contributed by atoms with Gasteiger partial charge < -0.3 is 10.6 Å². The highest BCUT2D eigenvalue weighted by molar-refractivity contribution is 6.00. The fraction of sp³-hybridized carbons (Fsp3) is 0.333. The lowest BCUT2D eigenvalue weighted by atomic mass is 9.90. The molecule has 150 valence electrons. The standard InChI is InChI=1S/C24H28N4O/c1-17-9-10-19(13-18(17)2)22-21(14-28(26-22)20-7-5-4-6-8-20)23(29)27-12-11-24(3,15-25)16-27/h4-10,13-14H,11-12,15-16,25H2,1-3H3. The molecule has 1 atom stereocenters. The second-order valence-corrected chi connectivity index (χ2v) is 8.46. The zero-order chi connectivity index (χ0) is 20.6. The monoisotopic (exact) mass is 388 g/mol. The highest BCUT2D eigenvalue weighted by atomic mass is 16.2. The van der Waals surface area contributed by atoms with Crippen LogP contribution < -0.4 is 5.73 Å². The SMILES string of the molecule is Cc1ccc(-c2nn(-c3ccccc3)cc2C(=O)N2CCC(C)(CN)C2)cc1C. The molecule has 1 amide bonds. The van der Waals surface area contributed by atoms with E-state index in [4.69, 9.17) is 10.8 Å². The van der Waals surface area contributed by atoms with Crippen LogP contribution in [0.3, 0.4) is 0 Å². The van der Waals surface area contributed by atoms with Gasteiger partial charge in [0.15, 0.2) is 0 Å². The third kappa shape index (κ3) is 3.70. The average Bonchev–Trinajstić information content (AvgIpc) is 3.35. The van der Waals surface area contributed by atoms with Crippen molar-refractivity contribution in [3.63, 3.8) is 0 Å². The number of likely N-dealkylation sites (tertiary alicyclic amines) is 1. The molecule has 0 saturated carbocycles. The van der Waals surface area contributed by atoms with E-state index in [-0.39, 0.29) is 11.3 Å². The second-order valence-electron chi connectivity index (χ2n) is 8.46. The van der Waals surface area contributed by atoms with Gasteiger partial charge in [-0.2, -0.15) is 5.10 Å². The number of amides is 1. The number of aromatic nitrogens is 2. The second kappa shape index (κ2) is 7.48. The summed E-state index contributed by atoms with van der Waals surface area (Å²) in [6.07, 6.45) is 2.79. The van der Waals surface area contributed by atoms with E-state index in [2.05, 4.69) is 32.9 Å². The summed E-state index contributed by atoms with van der Waals surface area (Å²) in [6.45, 7) is 8.33. The van der Waals surface area contributed by atoms with E-state index in [0.29, 0.717) is 18.7 Å². The Morgan fingerprint density at radius 2 is 1.90 bits per heavy atom. The minimum absolute atomic E-state index is 0.00824. The topological polar surface area (TPSA) is 64.2 Å². The molecule has 1 aliphatic heterocycles. The van der Waals surface area contributed by atoms with E-state index >= 15 is 0 Å². The normalized spacial score (nSPS) is 19.0. The molecule has 3 aromatic rings. The summed E-state index contributed by atoms with van der Waals surface area (Å²) in [6, 6.07) is 16.1. The number of aryl methyl sites for hydroxylation is 2. The van der Waals surface area contributed by atoms with E-state index < -0.39 is 0 Å². The van der Waals surface area contributed by atoms with Crippen LogP contribution in [0.5, 0.6) is 0 Å². The van der Waals surface area contributed by atoms with Gasteiger partial charge in [0.1, 0.15) is 5.69 Å². The minimum Gasteiger partial charge on any atom is -0.338 e. The van der Waals surface area contributed by atoms with Gasteiger partial charge in [0, 0.05) is 24.8 Å². The smallest absolute Gasteiger partial charge is 0.257 e. The van der Waals surface area contributed by atoms with E-state index in [1.807, 2.05) is 47.5 Å². The summed E-state index contributed by atoms with van der Waals surface area (Å²) in [7, 11) is 0. The number of nitrogens with zero attached hydrogens (tertiary/aromatic N) is 3. The molecule has 5 nitrogen and oxygen atoms in total. The van der Waals surface area contributed by atoms with Crippen LogP contribution in [-0.2, 0) is 0 Å². The lowest BCUT2D eigenvalue weighted by Crippen LogP contribution is -2.34. The van der Waals surface area contributed by atoms with Crippen molar-refractivity contribution in [1.29, 1.82) is 0 Å². The van der Waals surface area contributed by atoms with Gasteiger partial charge in [-0.15, -0.1) is 0 Å². The van der Waals surface area contributed by atoms with Gasteiger partial charge in [-0.05, 0) is 61.6 Å². The molecule has 5 heteroatoms. The number of benzene rings is 2. The molecule has 1 unspecified atom stereocenters. The molecule has 0 bridgehead atoms. The van der Waals surface area contributed by atoms with Gasteiger partial charge in [-0.3, -0.25) is 4.79 Å². The molecule has 1 fully saturated rings. The third-order valence-corrected chi connectivity index (χ3v) is 6.08. The third-order valence-electron chi connectivity index (χ3n) is 6.08. The van der Waals surface area contributed by atoms with Gasteiger partial charge in [0.05, 0.1) is 11.3 Å². The summed E-state index contributed by atoms with van der Waals surface area (Å²) < 4.78 is 1.80. The zero-order valence-electron chi connectivity index (χ0n) is 17.4. The molecule has 1 aromatic heterocycles. The molecule has 29 heavy (non-hydrogen) atoms. The molecule has 2 aromatic carbocycles.